The number of nitrogens with two attached hydrogens (primary N) is 1. The molecule has 0 aromatic heterocycles. The Morgan fingerprint density at radius 1 is 1.17 bits per heavy atom. The Morgan fingerprint density at radius 2 is 1.75 bits per heavy atom. The number of hydrogen-bond donors (Lipinski definition) is 1. The summed E-state index contributed by atoms with van der Waals surface area (Å²) in [5, 5.41) is 0. The molecule has 2 N–H and O–H groups in total. The number of para-hydroxylation sites is 1. The second-order valence-electron chi connectivity index (χ2n) is 2.07. The van der Waals surface area contributed by atoms with Crippen molar-refractivity contribution in [1.29, 1.82) is 0 Å². The molecule has 4 heteroatoms. The van der Waals surface area contributed by atoms with Crippen molar-refractivity contribution in [3.63, 3.8) is 0 Å². The van der Waals surface area contributed by atoms with Gasteiger partial charge in [-0.2, -0.15) is 0 Å². The Hall–Kier alpha value is -1.84. The summed E-state index contributed by atoms with van der Waals surface area (Å²) in [5.41, 5.74) is 4.67. The Labute approximate surface area is 68.9 Å². The summed E-state index contributed by atoms with van der Waals surface area (Å²) in [6.45, 7) is 0. The first-order chi connectivity index (χ1) is 5.70. The molecule has 0 atom stereocenters. The molecule has 0 aliphatic carbocycles. The molecule has 0 aliphatic heterocycles. The van der Waals surface area contributed by atoms with Gasteiger partial charge in [-0.3, -0.25) is 4.79 Å². The number of hydrogen-bond acceptors (Lipinski definition) is 3. The van der Waals surface area contributed by atoms with E-state index in [2.05, 4.69) is 10.5 Å². The predicted octanol–water partition coefficient (Wildman–Crippen LogP) is 0.0773. The van der Waals surface area contributed by atoms with Crippen LogP contribution in [0.15, 0.2) is 30.3 Å². The second kappa shape index (κ2) is 3.52. The van der Waals surface area contributed by atoms with Gasteiger partial charge in [0.05, 0.1) is 0 Å². The number of carbonyl (C=O) groups excluding carboxylic acids is 2. The number of ether oxygens (including phenoxy) is 1. The van der Waals surface area contributed by atoms with Crippen molar-refractivity contribution in [3.8, 4) is 5.75 Å². The number of benzene rings is 1. The maximum absolute atomic E-state index is 10.6. The van der Waals surface area contributed by atoms with Crippen molar-refractivity contribution >= 4 is 11.9 Å². The Bertz CT molecular complexity index is 294. The molecule has 0 bridgehead atoms. The topological polar surface area (TPSA) is 69.4 Å². The SMILES string of the molecule is NC(=O)C(=O)Oc1ccccc1. The zero-order valence-electron chi connectivity index (χ0n) is 6.19. The number of amides is 1. The van der Waals surface area contributed by atoms with Gasteiger partial charge in [0, 0.05) is 0 Å². The molecular weight excluding hydrogens is 158 g/mol. The maximum atomic E-state index is 10.6. The molecule has 1 aromatic rings. The van der Waals surface area contributed by atoms with E-state index >= 15 is 0 Å². The summed E-state index contributed by atoms with van der Waals surface area (Å²) in [6, 6.07) is 8.25. The van der Waals surface area contributed by atoms with Gasteiger partial charge in [0.25, 0.3) is 0 Å². The molecule has 4 nitrogen and oxygen atoms in total. The first kappa shape index (κ1) is 8.26. The van der Waals surface area contributed by atoms with E-state index in [4.69, 9.17) is 0 Å². The highest BCUT2D eigenvalue weighted by molar-refractivity contribution is 6.32. The molecule has 12 heavy (non-hydrogen) atoms. The lowest BCUT2D eigenvalue weighted by molar-refractivity contribution is -0.146. The van der Waals surface area contributed by atoms with Crippen LogP contribution in [0.25, 0.3) is 0 Å². The van der Waals surface area contributed by atoms with Crippen LogP contribution in [-0.2, 0) is 9.59 Å². The minimum absolute atomic E-state index is 0.307. The zero-order valence-corrected chi connectivity index (χ0v) is 6.19. The van der Waals surface area contributed by atoms with Crippen LogP contribution in [0, 0.1) is 0 Å². The zero-order chi connectivity index (χ0) is 8.97. The van der Waals surface area contributed by atoms with Crippen molar-refractivity contribution in [1.82, 2.24) is 0 Å². The largest absolute Gasteiger partial charge is 0.419 e. The molecule has 0 aliphatic rings. The Morgan fingerprint density at radius 3 is 2.25 bits per heavy atom. The molecule has 0 unspecified atom stereocenters. The first-order valence-electron chi connectivity index (χ1n) is 3.27. The van der Waals surface area contributed by atoms with Crippen LogP contribution in [0.2, 0.25) is 0 Å². The van der Waals surface area contributed by atoms with E-state index in [9.17, 15) is 9.59 Å². The molecule has 0 saturated carbocycles. The molecule has 0 fully saturated rings. The van der Waals surface area contributed by atoms with Gasteiger partial charge in [0.2, 0.25) is 0 Å². The minimum Gasteiger partial charge on any atom is -0.419 e. The fraction of sp³-hybridized carbons (Fsp3) is 0. The molecule has 1 amide bonds. The number of carbonyl (C=O) groups is 2. The van der Waals surface area contributed by atoms with Gasteiger partial charge < -0.3 is 10.5 Å². The van der Waals surface area contributed by atoms with E-state index in [-0.39, 0.29) is 0 Å². The van der Waals surface area contributed by atoms with E-state index in [1.165, 1.54) is 0 Å². The van der Waals surface area contributed by atoms with Crippen LogP contribution in [-0.4, -0.2) is 11.9 Å². The van der Waals surface area contributed by atoms with E-state index in [0.717, 1.165) is 0 Å². The van der Waals surface area contributed by atoms with Gasteiger partial charge in [-0.15, -0.1) is 0 Å². The molecule has 0 heterocycles. The molecule has 0 saturated heterocycles. The molecule has 1 rings (SSSR count). The van der Waals surface area contributed by atoms with Crippen molar-refractivity contribution in [2.45, 2.75) is 0 Å². The molecule has 62 valence electrons. The molecular formula is C8H7NO3. The lowest BCUT2D eigenvalue weighted by atomic mass is 10.3. The summed E-state index contributed by atoms with van der Waals surface area (Å²) in [4.78, 5) is 20.9. The van der Waals surface area contributed by atoms with Gasteiger partial charge in [-0.25, -0.2) is 4.79 Å². The third kappa shape index (κ3) is 2.09. The van der Waals surface area contributed by atoms with E-state index in [0.29, 0.717) is 5.75 Å². The van der Waals surface area contributed by atoms with Gasteiger partial charge in [-0.05, 0) is 12.1 Å². The first-order valence-corrected chi connectivity index (χ1v) is 3.27. The average molecular weight is 165 g/mol. The predicted molar refractivity (Wildman–Crippen MR) is 41.3 cm³/mol. The highest BCUT2D eigenvalue weighted by Gasteiger charge is 2.10. The summed E-state index contributed by atoms with van der Waals surface area (Å²) >= 11 is 0. The molecule has 1 aromatic carbocycles. The van der Waals surface area contributed by atoms with Gasteiger partial charge in [0.1, 0.15) is 5.75 Å². The van der Waals surface area contributed by atoms with E-state index in [1.54, 1.807) is 30.3 Å². The minimum atomic E-state index is -1.10. The standard InChI is InChI=1S/C8H7NO3/c9-7(10)8(11)12-6-4-2-1-3-5-6/h1-5H,(H2,9,10). The number of esters is 1. The Kier molecular flexibility index (Phi) is 2.42. The fourth-order valence-electron chi connectivity index (χ4n) is 0.646. The number of primary amides is 1. The lowest BCUT2D eigenvalue weighted by Gasteiger charge is -1.98. The van der Waals surface area contributed by atoms with Crippen LogP contribution in [0.4, 0.5) is 0 Å². The van der Waals surface area contributed by atoms with Crippen LogP contribution >= 0.6 is 0 Å². The fourth-order valence-corrected chi connectivity index (χ4v) is 0.646. The third-order valence-electron chi connectivity index (χ3n) is 1.15. The van der Waals surface area contributed by atoms with Gasteiger partial charge >= 0.3 is 11.9 Å². The summed E-state index contributed by atoms with van der Waals surface area (Å²) < 4.78 is 4.56. The van der Waals surface area contributed by atoms with Crippen LogP contribution in [0.1, 0.15) is 0 Å². The number of rotatable bonds is 1. The van der Waals surface area contributed by atoms with Crippen molar-refractivity contribution in [3.05, 3.63) is 30.3 Å². The van der Waals surface area contributed by atoms with Gasteiger partial charge in [0.15, 0.2) is 0 Å². The average Bonchev–Trinajstić information content (AvgIpc) is 2.06. The summed E-state index contributed by atoms with van der Waals surface area (Å²) in [7, 11) is 0. The van der Waals surface area contributed by atoms with Crippen molar-refractivity contribution < 1.29 is 14.3 Å². The molecule has 0 spiro atoms. The monoisotopic (exact) mass is 165 g/mol. The Balaban J connectivity index is 2.65. The van der Waals surface area contributed by atoms with Crippen LogP contribution in [0.3, 0.4) is 0 Å². The van der Waals surface area contributed by atoms with E-state index in [1.807, 2.05) is 0 Å². The second-order valence-corrected chi connectivity index (χ2v) is 2.07. The maximum Gasteiger partial charge on any atom is 0.401 e. The highest BCUT2D eigenvalue weighted by Crippen LogP contribution is 2.07. The highest BCUT2D eigenvalue weighted by atomic mass is 16.5. The summed E-state index contributed by atoms with van der Waals surface area (Å²) in [6.07, 6.45) is 0. The van der Waals surface area contributed by atoms with Crippen molar-refractivity contribution in [2.75, 3.05) is 0 Å². The normalized spacial score (nSPS) is 9.00. The third-order valence-corrected chi connectivity index (χ3v) is 1.15. The lowest BCUT2D eigenvalue weighted by Crippen LogP contribution is -2.27. The van der Waals surface area contributed by atoms with Crippen LogP contribution < -0.4 is 10.5 Å². The smallest absolute Gasteiger partial charge is 0.401 e. The van der Waals surface area contributed by atoms with E-state index < -0.39 is 11.9 Å². The quantitative estimate of drug-likeness (QED) is 0.364. The summed E-state index contributed by atoms with van der Waals surface area (Å²) in [5.74, 6) is -1.85. The van der Waals surface area contributed by atoms with Gasteiger partial charge in [-0.1, -0.05) is 18.2 Å². The molecule has 0 radical (unpaired) electrons. The van der Waals surface area contributed by atoms with Crippen LogP contribution in [0.5, 0.6) is 5.75 Å². The van der Waals surface area contributed by atoms with Crippen molar-refractivity contribution in [2.24, 2.45) is 5.73 Å².